The molecule has 0 saturated carbocycles. The largest absolute Gasteiger partial charge is 0.388 e. The monoisotopic (exact) mass is 251 g/mol. The molecule has 6 N–H and O–H groups in total. The number of nitrogens with two attached hydrogens (primary N) is 1. The topological polar surface area (TPSA) is 125 Å². The van der Waals surface area contributed by atoms with Gasteiger partial charge in [-0.15, -0.1) is 0 Å². The number of hydrogen-bond acceptors (Lipinski definition) is 7. The van der Waals surface area contributed by atoms with Crippen LogP contribution in [0, 0.1) is 0 Å². The molecule has 0 radical (unpaired) electrons. The summed E-state index contributed by atoms with van der Waals surface area (Å²) in [4.78, 5) is 8.31. The first-order valence-electron chi connectivity index (χ1n) is 5.69. The average molecular weight is 251 g/mol. The van der Waals surface area contributed by atoms with Gasteiger partial charge in [0, 0.05) is 6.54 Å². The van der Waals surface area contributed by atoms with E-state index in [1.165, 1.54) is 0 Å². The number of anilines is 2. The maximum atomic E-state index is 9.96. The quantitative estimate of drug-likeness (QED) is 0.380. The number of fused-ring (bicyclic) bond motifs is 1. The van der Waals surface area contributed by atoms with Crippen LogP contribution in [0.15, 0.2) is 6.20 Å². The summed E-state index contributed by atoms with van der Waals surface area (Å²) < 4.78 is 0. The summed E-state index contributed by atoms with van der Waals surface area (Å²) >= 11 is 0. The molecule has 2 heterocycles. The van der Waals surface area contributed by atoms with Gasteiger partial charge in [0.05, 0.1) is 17.2 Å². The van der Waals surface area contributed by atoms with Crippen LogP contribution in [0.1, 0.15) is 20.3 Å². The van der Waals surface area contributed by atoms with Crippen molar-refractivity contribution in [1.29, 1.82) is 0 Å². The highest BCUT2D eigenvalue weighted by atomic mass is 16.3. The minimum absolute atomic E-state index is 0.283. The molecule has 2 aromatic rings. The lowest BCUT2D eigenvalue weighted by molar-refractivity contribution is 0.0697. The van der Waals surface area contributed by atoms with E-state index in [2.05, 4.69) is 30.9 Å². The van der Waals surface area contributed by atoms with Gasteiger partial charge in [-0.2, -0.15) is 15.1 Å². The second-order valence-electron chi connectivity index (χ2n) is 4.38. The molecular weight excluding hydrogens is 234 g/mol. The van der Waals surface area contributed by atoms with Crippen LogP contribution >= 0.6 is 0 Å². The summed E-state index contributed by atoms with van der Waals surface area (Å²) in [6.07, 6.45) is 2.26. The smallest absolute Gasteiger partial charge is 0.241 e. The van der Waals surface area contributed by atoms with Crippen molar-refractivity contribution in [3.8, 4) is 0 Å². The predicted molar refractivity (Wildman–Crippen MR) is 68.9 cm³/mol. The van der Waals surface area contributed by atoms with Gasteiger partial charge < -0.3 is 10.4 Å². The highest BCUT2D eigenvalue weighted by molar-refractivity contribution is 5.86. The van der Waals surface area contributed by atoms with Crippen molar-refractivity contribution < 1.29 is 5.11 Å². The molecule has 0 aliphatic heterocycles. The molecule has 0 amide bonds. The van der Waals surface area contributed by atoms with Crippen molar-refractivity contribution in [2.75, 3.05) is 17.3 Å². The molecule has 2 rings (SSSR count). The number of aliphatic hydroxyl groups is 1. The van der Waals surface area contributed by atoms with E-state index in [-0.39, 0.29) is 5.95 Å². The highest BCUT2D eigenvalue weighted by Gasteiger charge is 2.18. The second-order valence-corrected chi connectivity index (χ2v) is 4.38. The Morgan fingerprint density at radius 3 is 2.94 bits per heavy atom. The van der Waals surface area contributed by atoms with Crippen molar-refractivity contribution in [2.45, 2.75) is 25.9 Å². The maximum absolute atomic E-state index is 9.96. The molecule has 18 heavy (non-hydrogen) atoms. The minimum Gasteiger partial charge on any atom is -0.388 e. The normalized spacial score (nSPS) is 14.4. The first-order chi connectivity index (χ1) is 8.55. The number of H-pyrrole nitrogens is 1. The summed E-state index contributed by atoms with van der Waals surface area (Å²) in [6.45, 7) is 4.06. The zero-order valence-corrected chi connectivity index (χ0v) is 10.4. The van der Waals surface area contributed by atoms with E-state index < -0.39 is 5.60 Å². The summed E-state index contributed by atoms with van der Waals surface area (Å²) in [6, 6.07) is 0. The van der Waals surface area contributed by atoms with Crippen LogP contribution < -0.4 is 16.6 Å². The Morgan fingerprint density at radius 1 is 1.50 bits per heavy atom. The molecule has 0 aliphatic carbocycles. The van der Waals surface area contributed by atoms with Crippen molar-refractivity contribution in [1.82, 2.24) is 20.2 Å². The average Bonchev–Trinajstić information content (AvgIpc) is 2.84. The van der Waals surface area contributed by atoms with Gasteiger partial charge >= 0.3 is 0 Å². The van der Waals surface area contributed by atoms with Crippen LogP contribution in [-0.2, 0) is 0 Å². The number of hydrogen-bond donors (Lipinski definition) is 5. The molecule has 0 aromatic carbocycles. The number of nitrogens with zero attached hydrogens (tertiary/aromatic N) is 3. The van der Waals surface area contributed by atoms with Gasteiger partial charge in [0.2, 0.25) is 5.95 Å². The minimum atomic E-state index is -0.794. The number of nitrogens with one attached hydrogen (secondary N) is 3. The number of nitrogen functional groups attached to an aromatic ring is 1. The number of rotatable bonds is 5. The zero-order chi connectivity index (χ0) is 13.2. The van der Waals surface area contributed by atoms with Gasteiger partial charge in [0.1, 0.15) is 5.82 Å². The third kappa shape index (κ3) is 2.49. The molecule has 0 aliphatic rings. The third-order valence-electron chi connectivity index (χ3n) is 2.84. The fourth-order valence-corrected chi connectivity index (χ4v) is 1.43. The van der Waals surface area contributed by atoms with E-state index in [1.807, 2.05) is 6.92 Å². The van der Waals surface area contributed by atoms with Crippen LogP contribution in [0.3, 0.4) is 0 Å². The number of hydrazine groups is 1. The lowest BCUT2D eigenvalue weighted by atomic mass is 10.0. The zero-order valence-electron chi connectivity index (χ0n) is 10.4. The van der Waals surface area contributed by atoms with Crippen LogP contribution in [0.5, 0.6) is 0 Å². The second kappa shape index (κ2) is 4.75. The Kier molecular flexibility index (Phi) is 3.30. The predicted octanol–water partition coefficient (Wildman–Crippen LogP) is 0.211. The van der Waals surface area contributed by atoms with Gasteiger partial charge in [0.15, 0.2) is 5.65 Å². The molecule has 1 unspecified atom stereocenters. The van der Waals surface area contributed by atoms with Crippen LogP contribution in [0.4, 0.5) is 11.8 Å². The van der Waals surface area contributed by atoms with Crippen molar-refractivity contribution >= 4 is 22.8 Å². The van der Waals surface area contributed by atoms with Crippen LogP contribution in [0.2, 0.25) is 0 Å². The van der Waals surface area contributed by atoms with Gasteiger partial charge in [-0.3, -0.25) is 10.5 Å². The highest BCUT2D eigenvalue weighted by Crippen LogP contribution is 2.20. The first-order valence-corrected chi connectivity index (χ1v) is 5.69. The molecule has 1 atom stereocenters. The van der Waals surface area contributed by atoms with Crippen molar-refractivity contribution in [3.63, 3.8) is 0 Å². The summed E-state index contributed by atoms with van der Waals surface area (Å²) in [5.41, 5.74) is 2.17. The molecule has 0 bridgehead atoms. The van der Waals surface area contributed by atoms with Crippen LogP contribution in [-0.4, -0.2) is 37.4 Å². The molecule has 0 spiro atoms. The standard InChI is InChI=1S/C10H17N7O/c1-3-10(2,18)5-12-7-6-4-13-17-8(6)15-9(14-7)16-11/h4,18H,3,5,11H2,1-2H3,(H3,12,13,14,15,16,17). The first kappa shape index (κ1) is 12.5. The Bertz CT molecular complexity index is 536. The van der Waals surface area contributed by atoms with Crippen molar-refractivity contribution in [3.05, 3.63) is 6.20 Å². The van der Waals surface area contributed by atoms with E-state index in [9.17, 15) is 5.11 Å². The molecule has 8 nitrogen and oxygen atoms in total. The van der Waals surface area contributed by atoms with E-state index in [1.54, 1.807) is 13.1 Å². The third-order valence-corrected chi connectivity index (χ3v) is 2.84. The number of aromatic amines is 1. The van der Waals surface area contributed by atoms with E-state index in [0.717, 1.165) is 5.39 Å². The molecular formula is C10H17N7O. The fourth-order valence-electron chi connectivity index (χ4n) is 1.43. The van der Waals surface area contributed by atoms with Gasteiger partial charge in [-0.25, -0.2) is 5.84 Å². The van der Waals surface area contributed by atoms with Crippen LogP contribution in [0.25, 0.3) is 11.0 Å². The van der Waals surface area contributed by atoms with E-state index in [4.69, 9.17) is 5.84 Å². The van der Waals surface area contributed by atoms with E-state index in [0.29, 0.717) is 24.4 Å². The fraction of sp³-hybridized carbons (Fsp3) is 0.500. The lowest BCUT2D eigenvalue weighted by Gasteiger charge is -2.22. The SMILES string of the molecule is CCC(C)(O)CNc1nc(NN)nc2[nH]ncc12. The van der Waals surface area contributed by atoms with Gasteiger partial charge in [0.25, 0.3) is 0 Å². The summed E-state index contributed by atoms with van der Waals surface area (Å²) in [5.74, 6) is 6.16. The summed E-state index contributed by atoms with van der Waals surface area (Å²) in [5, 5.41) is 20.4. The Hall–Kier alpha value is -1.93. The molecule has 2 aromatic heterocycles. The van der Waals surface area contributed by atoms with Crippen molar-refractivity contribution in [2.24, 2.45) is 5.84 Å². The van der Waals surface area contributed by atoms with Gasteiger partial charge in [-0.1, -0.05) is 6.92 Å². The molecule has 0 saturated heterocycles. The molecule has 0 fully saturated rings. The molecule has 8 heteroatoms. The molecule has 98 valence electrons. The van der Waals surface area contributed by atoms with E-state index >= 15 is 0 Å². The Balaban J connectivity index is 2.28. The number of aromatic nitrogens is 4. The maximum Gasteiger partial charge on any atom is 0.241 e. The lowest BCUT2D eigenvalue weighted by Crippen LogP contribution is -2.32. The van der Waals surface area contributed by atoms with Gasteiger partial charge in [-0.05, 0) is 13.3 Å². The Labute approximate surface area is 104 Å². The Morgan fingerprint density at radius 2 is 2.28 bits per heavy atom. The summed E-state index contributed by atoms with van der Waals surface area (Å²) in [7, 11) is 0.